The number of aliphatic hydroxyl groups is 1. The van der Waals surface area contributed by atoms with Crippen molar-refractivity contribution < 1.29 is 14.6 Å². The Morgan fingerprint density at radius 1 is 1.40 bits per heavy atom. The van der Waals surface area contributed by atoms with E-state index in [1.165, 1.54) is 6.08 Å². The van der Waals surface area contributed by atoms with Crippen LogP contribution in [0.3, 0.4) is 0 Å². The number of halogens is 2. The molecule has 0 atom stereocenters. The molecular weight excluding hydrogens is 328 g/mol. The number of allylic oxidation sites excluding steroid dienone is 1. The number of carbonyl (C=O) groups excluding carboxylic acids is 1. The Morgan fingerprint density at radius 3 is 2.27 bits per heavy atom. The monoisotopic (exact) mass is 342 g/mol. The molecule has 0 aliphatic carbocycles. The molecule has 0 rings (SSSR count). The second-order valence-electron chi connectivity index (χ2n) is 3.75. The average Bonchev–Trinajstić information content (AvgIpc) is 2.20. The third-order valence-electron chi connectivity index (χ3n) is 1.83. The summed E-state index contributed by atoms with van der Waals surface area (Å²) in [5.74, 6) is -0.366. The van der Waals surface area contributed by atoms with Crippen LogP contribution in [0.2, 0.25) is 0 Å². The number of ether oxygens (including phenoxy) is 1. The van der Waals surface area contributed by atoms with Gasteiger partial charge in [-0.1, -0.05) is 37.4 Å². The van der Waals surface area contributed by atoms with E-state index in [2.05, 4.69) is 31.9 Å². The lowest BCUT2D eigenvalue weighted by atomic mass is 9.96. The molecule has 0 fully saturated rings. The highest BCUT2D eigenvalue weighted by Gasteiger charge is 2.28. The van der Waals surface area contributed by atoms with Crippen LogP contribution >= 0.6 is 31.9 Å². The maximum atomic E-state index is 11.2. The van der Waals surface area contributed by atoms with Gasteiger partial charge >= 0.3 is 5.97 Å². The molecule has 0 aliphatic rings. The van der Waals surface area contributed by atoms with Gasteiger partial charge in [0, 0.05) is 22.2 Å². The fourth-order valence-electron chi connectivity index (χ4n) is 0.745. The van der Waals surface area contributed by atoms with Crippen molar-refractivity contribution >= 4 is 37.8 Å². The van der Waals surface area contributed by atoms with E-state index in [9.17, 15) is 9.90 Å². The van der Waals surface area contributed by atoms with Gasteiger partial charge in [0.15, 0.2) is 0 Å². The van der Waals surface area contributed by atoms with E-state index in [0.717, 1.165) is 5.57 Å². The third kappa shape index (κ3) is 5.68. The van der Waals surface area contributed by atoms with Crippen LogP contribution in [0.5, 0.6) is 0 Å². The van der Waals surface area contributed by atoms with Gasteiger partial charge in [-0.05, 0) is 13.8 Å². The Labute approximate surface area is 107 Å². The summed E-state index contributed by atoms with van der Waals surface area (Å²) < 4.78 is 5.06. The topological polar surface area (TPSA) is 46.5 Å². The number of carbonyl (C=O) groups is 1. The van der Waals surface area contributed by atoms with Gasteiger partial charge < -0.3 is 9.84 Å². The lowest BCUT2D eigenvalue weighted by molar-refractivity contribution is -0.141. The predicted molar refractivity (Wildman–Crippen MR) is 67.5 cm³/mol. The zero-order valence-electron chi connectivity index (χ0n) is 8.93. The van der Waals surface area contributed by atoms with Crippen LogP contribution < -0.4 is 0 Å². The lowest BCUT2D eigenvalue weighted by Crippen LogP contribution is -2.35. The van der Waals surface area contributed by atoms with Crippen molar-refractivity contribution in [2.24, 2.45) is 5.41 Å². The van der Waals surface area contributed by atoms with Crippen LogP contribution in [0.4, 0.5) is 0 Å². The summed E-state index contributed by atoms with van der Waals surface area (Å²) in [6.07, 6.45) is 1.44. The quantitative estimate of drug-likeness (QED) is 0.457. The minimum atomic E-state index is -0.439. The molecule has 0 aromatic carbocycles. The molecule has 0 unspecified atom stereocenters. The van der Waals surface area contributed by atoms with Gasteiger partial charge in [-0.2, -0.15) is 0 Å². The van der Waals surface area contributed by atoms with Crippen molar-refractivity contribution in [3.05, 3.63) is 11.6 Å². The summed E-state index contributed by atoms with van der Waals surface area (Å²) in [6.45, 7) is 3.82. The average molecular weight is 344 g/mol. The summed E-state index contributed by atoms with van der Waals surface area (Å²) in [6, 6.07) is 0. The van der Waals surface area contributed by atoms with Crippen LogP contribution in [-0.2, 0) is 9.53 Å². The number of rotatable bonds is 6. The first-order chi connectivity index (χ1) is 6.99. The molecule has 0 spiro atoms. The van der Waals surface area contributed by atoms with Crippen LogP contribution in [0, 0.1) is 5.41 Å². The minimum Gasteiger partial charge on any atom is -0.462 e. The van der Waals surface area contributed by atoms with Gasteiger partial charge in [0.05, 0.1) is 6.61 Å². The molecule has 0 aromatic heterocycles. The molecule has 0 saturated heterocycles. The van der Waals surface area contributed by atoms with Crippen molar-refractivity contribution in [2.75, 3.05) is 23.9 Å². The number of aliphatic hydroxyl groups excluding tert-OH is 1. The second kappa shape index (κ2) is 7.41. The molecule has 0 radical (unpaired) electrons. The number of hydrogen-bond acceptors (Lipinski definition) is 3. The molecule has 0 aliphatic heterocycles. The molecule has 15 heavy (non-hydrogen) atoms. The number of hydrogen-bond donors (Lipinski definition) is 1. The van der Waals surface area contributed by atoms with Gasteiger partial charge in [0.25, 0.3) is 0 Å². The van der Waals surface area contributed by atoms with Crippen LogP contribution in [0.1, 0.15) is 13.8 Å². The fraction of sp³-hybridized carbons (Fsp3) is 0.700. The van der Waals surface area contributed by atoms with Crippen LogP contribution in [0.25, 0.3) is 0 Å². The Hall–Kier alpha value is 0.130. The van der Waals surface area contributed by atoms with Crippen molar-refractivity contribution in [1.29, 1.82) is 0 Å². The highest BCUT2D eigenvalue weighted by atomic mass is 79.9. The molecule has 3 nitrogen and oxygen atoms in total. The molecule has 0 bridgehead atoms. The lowest BCUT2D eigenvalue weighted by Gasteiger charge is -2.26. The van der Waals surface area contributed by atoms with Crippen molar-refractivity contribution in [2.45, 2.75) is 13.8 Å². The summed E-state index contributed by atoms with van der Waals surface area (Å²) in [7, 11) is 0. The second-order valence-corrected chi connectivity index (χ2v) is 4.88. The molecule has 88 valence electrons. The first-order valence-corrected chi connectivity index (χ1v) is 6.78. The van der Waals surface area contributed by atoms with E-state index in [0.29, 0.717) is 10.7 Å². The van der Waals surface area contributed by atoms with E-state index in [1.807, 2.05) is 13.8 Å². The molecule has 5 heteroatoms. The summed E-state index contributed by atoms with van der Waals surface area (Å²) in [4.78, 5) is 11.2. The Bertz CT molecular complexity index is 223. The fourth-order valence-corrected chi connectivity index (χ4v) is 2.35. The van der Waals surface area contributed by atoms with E-state index in [4.69, 9.17) is 4.74 Å². The molecule has 0 aromatic rings. The zero-order chi connectivity index (χ0) is 11.9. The predicted octanol–water partition coefficient (Wildman–Crippen LogP) is 2.26. The maximum absolute atomic E-state index is 11.2. The molecular formula is C10H16Br2O3. The molecule has 0 amide bonds. The first kappa shape index (κ1) is 15.1. The van der Waals surface area contributed by atoms with Gasteiger partial charge in [-0.3, -0.25) is 0 Å². The van der Waals surface area contributed by atoms with Crippen molar-refractivity contribution in [1.82, 2.24) is 0 Å². The van der Waals surface area contributed by atoms with Gasteiger partial charge in [0.2, 0.25) is 0 Å². The van der Waals surface area contributed by atoms with Gasteiger partial charge in [-0.25, -0.2) is 4.79 Å². The smallest absolute Gasteiger partial charge is 0.330 e. The standard InChI is InChI=1S/C10H16Br2O3/c1-8(2)3-9(14)15-7-10(4-11,5-12)6-13/h3,13H,4-7H2,1-2H3. The van der Waals surface area contributed by atoms with Crippen molar-refractivity contribution in [3.63, 3.8) is 0 Å². The zero-order valence-corrected chi connectivity index (χ0v) is 12.1. The summed E-state index contributed by atoms with van der Waals surface area (Å²) in [5.41, 5.74) is 0.456. The van der Waals surface area contributed by atoms with Crippen molar-refractivity contribution in [3.8, 4) is 0 Å². The molecule has 0 heterocycles. The first-order valence-electron chi connectivity index (χ1n) is 4.54. The van der Waals surface area contributed by atoms with E-state index in [1.54, 1.807) is 0 Å². The summed E-state index contributed by atoms with van der Waals surface area (Å²) >= 11 is 6.60. The third-order valence-corrected chi connectivity index (χ3v) is 4.21. The maximum Gasteiger partial charge on any atom is 0.330 e. The normalized spacial score (nSPS) is 11.0. The van der Waals surface area contributed by atoms with Gasteiger partial charge in [0.1, 0.15) is 6.61 Å². The summed E-state index contributed by atoms with van der Waals surface area (Å²) in [5, 5.41) is 10.4. The Kier molecular flexibility index (Phi) is 7.48. The van der Waals surface area contributed by atoms with Gasteiger partial charge in [-0.15, -0.1) is 0 Å². The molecule has 0 saturated carbocycles. The van der Waals surface area contributed by atoms with Crippen LogP contribution in [0.15, 0.2) is 11.6 Å². The number of alkyl halides is 2. The van der Waals surface area contributed by atoms with E-state index >= 15 is 0 Å². The number of esters is 1. The Balaban J connectivity index is 4.23. The highest BCUT2D eigenvalue weighted by Crippen LogP contribution is 2.23. The Morgan fingerprint density at radius 2 is 1.93 bits per heavy atom. The van der Waals surface area contributed by atoms with E-state index < -0.39 is 5.41 Å². The SMILES string of the molecule is CC(C)=CC(=O)OCC(CO)(CBr)CBr. The minimum absolute atomic E-state index is 0.0361. The van der Waals surface area contributed by atoms with Crippen LogP contribution in [-0.4, -0.2) is 34.9 Å². The van der Waals surface area contributed by atoms with E-state index in [-0.39, 0.29) is 19.2 Å². The highest BCUT2D eigenvalue weighted by molar-refractivity contribution is 9.09. The molecule has 1 N–H and O–H groups in total. The largest absolute Gasteiger partial charge is 0.462 e.